The van der Waals surface area contributed by atoms with Gasteiger partial charge in [-0.15, -0.1) is 0 Å². The molecule has 0 radical (unpaired) electrons. The minimum absolute atomic E-state index is 0.0709. The molecule has 0 rings (SSSR count). The number of hydrogen-bond acceptors (Lipinski definition) is 3. The van der Waals surface area contributed by atoms with Gasteiger partial charge < -0.3 is 10.8 Å². The van der Waals surface area contributed by atoms with Gasteiger partial charge in [0.2, 0.25) is 0 Å². The minimum Gasteiger partial charge on any atom is -0.481 e. The molecule has 0 bridgehead atoms. The van der Waals surface area contributed by atoms with Gasteiger partial charge in [-0.25, -0.2) is 0 Å². The second kappa shape index (κ2) is 6.02. The second-order valence-electron chi connectivity index (χ2n) is 3.12. The van der Waals surface area contributed by atoms with Crippen LogP contribution >= 0.6 is 8.03 Å². The molecule has 3 atom stereocenters. The van der Waals surface area contributed by atoms with Gasteiger partial charge in [-0.05, 0) is 24.3 Å². The SMILES string of the molecule is CC(N)CCC(C[P+](=O)O)C(=O)O. The van der Waals surface area contributed by atoms with Gasteiger partial charge in [0.05, 0.1) is 0 Å². The van der Waals surface area contributed by atoms with E-state index in [1.165, 1.54) is 0 Å². The zero-order valence-corrected chi connectivity index (χ0v) is 8.41. The number of carbonyl (C=O) groups is 1. The van der Waals surface area contributed by atoms with Gasteiger partial charge in [0.15, 0.2) is 6.16 Å². The Labute approximate surface area is 77.8 Å². The van der Waals surface area contributed by atoms with E-state index in [-0.39, 0.29) is 12.2 Å². The molecule has 0 aromatic heterocycles. The fraction of sp³-hybridized carbons (Fsp3) is 0.857. The van der Waals surface area contributed by atoms with Crippen LogP contribution in [-0.4, -0.2) is 28.2 Å². The molecule has 0 spiro atoms. The summed E-state index contributed by atoms with van der Waals surface area (Å²) in [5, 5.41) is 8.65. The summed E-state index contributed by atoms with van der Waals surface area (Å²) in [4.78, 5) is 19.1. The van der Waals surface area contributed by atoms with Crippen molar-refractivity contribution in [2.24, 2.45) is 11.7 Å². The molecule has 6 heteroatoms. The Balaban J connectivity index is 3.95. The van der Waals surface area contributed by atoms with Crippen molar-refractivity contribution in [3.63, 3.8) is 0 Å². The zero-order chi connectivity index (χ0) is 10.4. The first-order chi connectivity index (χ1) is 5.93. The van der Waals surface area contributed by atoms with Crippen molar-refractivity contribution < 1.29 is 19.4 Å². The van der Waals surface area contributed by atoms with Gasteiger partial charge in [0, 0.05) is 6.04 Å². The summed E-state index contributed by atoms with van der Waals surface area (Å²) in [5.74, 6) is -1.78. The Kier molecular flexibility index (Phi) is 5.79. The molecule has 0 aromatic carbocycles. The first kappa shape index (κ1) is 12.5. The number of nitrogens with two attached hydrogens (primary N) is 1. The van der Waals surface area contributed by atoms with E-state index in [0.717, 1.165) is 0 Å². The van der Waals surface area contributed by atoms with Crippen LogP contribution < -0.4 is 5.73 Å². The molecule has 4 N–H and O–H groups in total. The van der Waals surface area contributed by atoms with Crippen molar-refractivity contribution in [2.75, 3.05) is 6.16 Å². The quantitative estimate of drug-likeness (QED) is 0.553. The largest absolute Gasteiger partial charge is 0.506 e. The standard InChI is InChI=1S/C7H14NO4P/c1-5(8)2-3-6(7(9)10)4-13(11)12/h5-6H,2-4,8H2,1H3,(H-,9,10,11,12)/p+1. The highest BCUT2D eigenvalue weighted by Gasteiger charge is 2.27. The topological polar surface area (TPSA) is 101 Å². The minimum atomic E-state index is -2.37. The zero-order valence-electron chi connectivity index (χ0n) is 7.51. The normalized spacial score (nSPS) is 16.4. The summed E-state index contributed by atoms with van der Waals surface area (Å²) in [6.07, 6.45) is 0.728. The maximum Gasteiger partial charge on any atom is 0.506 e. The Morgan fingerprint density at radius 1 is 1.54 bits per heavy atom. The molecule has 0 aliphatic rings. The van der Waals surface area contributed by atoms with E-state index in [1.54, 1.807) is 6.92 Å². The van der Waals surface area contributed by atoms with Gasteiger partial charge in [0.1, 0.15) is 5.92 Å². The Hall–Kier alpha value is -0.510. The number of hydrogen-bond donors (Lipinski definition) is 3. The maximum atomic E-state index is 10.6. The van der Waals surface area contributed by atoms with Crippen molar-refractivity contribution in [3.8, 4) is 0 Å². The Morgan fingerprint density at radius 3 is 2.38 bits per heavy atom. The van der Waals surface area contributed by atoms with Crippen molar-refractivity contribution >= 4 is 14.0 Å². The number of carboxylic acid groups (broad SMARTS) is 1. The number of carboxylic acids is 1. The lowest BCUT2D eigenvalue weighted by atomic mass is 10.0. The highest BCUT2D eigenvalue weighted by atomic mass is 31.1. The third-order valence-corrected chi connectivity index (χ3v) is 2.45. The summed E-state index contributed by atoms with van der Waals surface area (Å²) in [6.45, 7) is 1.78. The fourth-order valence-electron chi connectivity index (χ4n) is 0.945. The molecule has 0 aromatic rings. The van der Waals surface area contributed by atoms with Crippen LogP contribution in [0, 0.1) is 5.92 Å². The molecule has 3 unspecified atom stereocenters. The van der Waals surface area contributed by atoms with Gasteiger partial charge in [0.25, 0.3) is 0 Å². The van der Waals surface area contributed by atoms with E-state index in [1.807, 2.05) is 0 Å². The predicted octanol–water partition coefficient (Wildman–Crippen LogP) is 0.549. The van der Waals surface area contributed by atoms with Crippen molar-refractivity contribution in [1.82, 2.24) is 0 Å². The first-order valence-corrected chi connectivity index (χ1v) is 5.45. The van der Waals surface area contributed by atoms with E-state index in [9.17, 15) is 9.36 Å². The van der Waals surface area contributed by atoms with Crippen LogP contribution in [0.3, 0.4) is 0 Å². The predicted molar refractivity (Wildman–Crippen MR) is 48.7 cm³/mol. The molecule has 0 aliphatic heterocycles. The van der Waals surface area contributed by atoms with Crippen LogP contribution in [-0.2, 0) is 9.36 Å². The van der Waals surface area contributed by atoms with Crippen LogP contribution in [0.4, 0.5) is 0 Å². The summed E-state index contributed by atoms with van der Waals surface area (Å²) in [6, 6.07) is -0.0709. The number of rotatable bonds is 6. The molecule has 0 fully saturated rings. The van der Waals surface area contributed by atoms with Crippen LogP contribution in [0.2, 0.25) is 0 Å². The molecule has 76 valence electrons. The van der Waals surface area contributed by atoms with E-state index < -0.39 is 19.9 Å². The second-order valence-corrected chi connectivity index (χ2v) is 4.19. The molecule has 0 aliphatic carbocycles. The van der Waals surface area contributed by atoms with Gasteiger partial charge in [-0.1, -0.05) is 0 Å². The first-order valence-electron chi connectivity index (χ1n) is 4.05. The molecular formula is C7H15NO4P+. The van der Waals surface area contributed by atoms with Crippen LogP contribution in [0.15, 0.2) is 0 Å². The monoisotopic (exact) mass is 208 g/mol. The Bertz CT molecular complexity index is 195. The van der Waals surface area contributed by atoms with Crippen LogP contribution in [0.5, 0.6) is 0 Å². The highest BCUT2D eigenvalue weighted by Crippen LogP contribution is 2.22. The molecular weight excluding hydrogens is 193 g/mol. The average Bonchev–Trinajstić information content (AvgIpc) is 1.96. The summed E-state index contributed by atoms with van der Waals surface area (Å²) >= 11 is 0. The van der Waals surface area contributed by atoms with Crippen LogP contribution in [0.25, 0.3) is 0 Å². The van der Waals surface area contributed by atoms with Gasteiger partial charge in [-0.3, -0.25) is 4.79 Å². The third kappa shape index (κ3) is 6.63. The molecule has 5 nitrogen and oxygen atoms in total. The van der Waals surface area contributed by atoms with Crippen molar-refractivity contribution in [3.05, 3.63) is 0 Å². The van der Waals surface area contributed by atoms with Crippen molar-refractivity contribution in [2.45, 2.75) is 25.8 Å². The van der Waals surface area contributed by atoms with E-state index in [2.05, 4.69) is 0 Å². The van der Waals surface area contributed by atoms with E-state index >= 15 is 0 Å². The lowest BCUT2D eigenvalue weighted by Crippen LogP contribution is -2.21. The van der Waals surface area contributed by atoms with Crippen LogP contribution in [0.1, 0.15) is 19.8 Å². The number of aliphatic carboxylic acids is 1. The molecule has 0 saturated heterocycles. The molecule has 13 heavy (non-hydrogen) atoms. The third-order valence-electron chi connectivity index (χ3n) is 1.70. The summed E-state index contributed by atoms with van der Waals surface area (Å²) < 4.78 is 10.4. The maximum absolute atomic E-state index is 10.6. The molecule has 0 saturated carbocycles. The molecule has 0 amide bonds. The van der Waals surface area contributed by atoms with E-state index in [0.29, 0.717) is 12.8 Å². The van der Waals surface area contributed by atoms with Gasteiger partial charge in [-0.2, -0.15) is 4.89 Å². The average molecular weight is 208 g/mol. The lowest BCUT2D eigenvalue weighted by Gasteiger charge is -2.07. The lowest BCUT2D eigenvalue weighted by molar-refractivity contribution is -0.141. The summed E-state index contributed by atoms with van der Waals surface area (Å²) in [5.41, 5.74) is 5.44. The highest BCUT2D eigenvalue weighted by molar-refractivity contribution is 7.38. The fourth-order valence-corrected chi connectivity index (χ4v) is 1.66. The molecule has 0 heterocycles. The van der Waals surface area contributed by atoms with Gasteiger partial charge >= 0.3 is 14.0 Å². The Morgan fingerprint density at radius 2 is 2.08 bits per heavy atom. The van der Waals surface area contributed by atoms with E-state index in [4.69, 9.17) is 15.7 Å². The summed E-state index contributed by atoms with van der Waals surface area (Å²) in [7, 11) is -2.37. The van der Waals surface area contributed by atoms with Crippen molar-refractivity contribution in [1.29, 1.82) is 0 Å². The smallest absolute Gasteiger partial charge is 0.481 e.